The van der Waals surface area contributed by atoms with Gasteiger partial charge in [0.1, 0.15) is 24.8 Å². The zero-order valence-electron chi connectivity index (χ0n) is 27.5. The van der Waals surface area contributed by atoms with E-state index in [1.54, 1.807) is 13.0 Å². The van der Waals surface area contributed by atoms with Crippen molar-refractivity contribution < 1.29 is 23.5 Å². The molecule has 1 saturated heterocycles. The largest absolute Gasteiger partial charge is 0.493 e. The number of hydrogen-bond acceptors (Lipinski definition) is 5. The molecular weight excluding hydrogens is 634 g/mol. The predicted molar refractivity (Wildman–Crippen MR) is 204 cm³/mol. The van der Waals surface area contributed by atoms with E-state index in [9.17, 15) is 14.0 Å². The number of benzene rings is 3. The van der Waals surface area contributed by atoms with Gasteiger partial charge in [-0.2, -0.15) is 0 Å². The van der Waals surface area contributed by atoms with Crippen molar-refractivity contribution in [2.45, 2.75) is 47.0 Å². The highest BCUT2D eigenvalue weighted by Gasteiger charge is 2.36. The van der Waals surface area contributed by atoms with Gasteiger partial charge in [0.2, 0.25) is 0 Å². The Morgan fingerprint density at radius 3 is 1.94 bits per heavy atom. The number of carbonyl (C=O) groups is 2. The quantitative estimate of drug-likeness (QED) is 0.0909. The average molecular weight is 680 g/mol. The zero-order chi connectivity index (χ0) is 34.7. The summed E-state index contributed by atoms with van der Waals surface area (Å²) >= 11 is 1.31. The predicted octanol–water partition coefficient (Wildman–Crippen LogP) is 11.3. The van der Waals surface area contributed by atoms with Crippen molar-refractivity contribution in [3.63, 3.8) is 0 Å². The number of thioether (sulfide) groups is 1. The third-order valence-corrected chi connectivity index (χ3v) is 8.09. The van der Waals surface area contributed by atoms with Crippen LogP contribution in [-0.4, -0.2) is 22.8 Å². The van der Waals surface area contributed by atoms with Gasteiger partial charge >= 0.3 is 0 Å². The van der Waals surface area contributed by atoms with Crippen LogP contribution in [0.4, 0.5) is 14.9 Å². The topological polar surface area (TPSA) is 55.8 Å². The molecule has 0 bridgehead atoms. The Labute approximate surface area is 295 Å². The van der Waals surface area contributed by atoms with Crippen molar-refractivity contribution in [1.82, 2.24) is 0 Å². The molecule has 3 aromatic carbocycles. The second kappa shape index (κ2) is 21.7. The number of carbonyl (C=O) groups excluding carboxylic acids is 2. The van der Waals surface area contributed by atoms with Crippen molar-refractivity contribution in [1.29, 1.82) is 0 Å². The summed E-state index contributed by atoms with van der Waals surface area (Å²) in [5.74, 6) is 1.35. The van der Waals surface area contributed by atoms with Crippen molar-refractivity contribution in [3.05, 3.63) is 187 Å². The lowest BCUT2D eigenvalue weighted by molar-refractivity contribution is -0.111. The van der Waals surface area contributed by atoms with E-state index < -0.39 is 5.83 Å². The van der Waals surface area contributed by atoms with E-state index in [4.69, 9.17) is 9.47 Å². The number of ketones is 1. The number of para-hydroxylation sites is 1. The van der Waals surface area contributed by atoms with E-state index in [1.165, 1.54) is 23.9 Å². The van der Waals surface area contributed by atoms with E-state index >= 15 is 0 Å². The van der Waals surface area contributed by atoms with Gasteiger partial charge in [0.25, 0.3) is 5.24 Å². The lowest BCUT2D eigenvalue weighted by Gasteiger charge is -2.27. The Morgan fingerprint density at radius 1 is 0.878 bits per heavy atom. The molecule has 0 aliphatic carbocycles. The summed E-state index contributed by atoms with van der Waals surface area (Å²) in [6, 6.07) is 29.7. The smallest absolute Gasteiger partial charge is 0.286 e. The fraction of sp³-hybridized carbons (Fsp3) is 0.190. The number of halogens is 1. The number of anilines is 1. The average Bonchev–Trinajstić information content (AvgIpc) is 3.51. The molecule has 49 heavy (non-hydrogen) atoms. The van der Waals surface area contributed by atoms with E-state index in [-0.39, 0.29) is 24.5 Å². The number of ether oxygens (including phenoxy) is 2. The number of hydrogen-bond donors (Lipinski definition) is 0. The molecule has 0 spiro atoms. The van der Waals surface area contributed by atoms with Crippen LogP contribution >= 0.6 is 11.8 Å². The Balaban J connectivity index is 0.000000550. The van der Waals surface area contributed by atoms with Gasteiger partial charge in [-0.15, -0.1) is 0 Å². The molecule has 5 nitrogen and oxygen atoms in total. The Kier molecular flexibility index (Phi) is 17.7. The number of allylic oxidation sites excluding steroid dienone is 8. The van der Waals surface area contributed by atoms with Gasteiger partial charge in [-0.1, -0.05) is 124 Å². The Hall–Kier alpha value is -5.14. The summed E-state index contributed by atoms with van der Waals surface area (Å²) in [4.78, 5) is 25.6. The summed E-state index contributed by atoms with van der Waals surface area (Å²) in [6.45, 7) is 15.3. The maximum atomic E-state index is 12.8. The van der Waals surface area contributed by atoms with Crippen molar-refractivity contribution in [2.24, 2.45) is 0 Å². The first-order valence-corrected chi connectivity index (χ1v) is 16.5. The molecule has 1 aliphatic heterocycles. The number of rotatable bonds is 15. The van der Waals surface area contributed by atoms with Gasteiger partial charge < -0.3 is 9.47 Å². The Bertz CT molecular complexity index is 1660. The molecule has 0 radical (unpaired) electrons. The van der Waals surface area contributed by atoms with Gasteiger partial charge in [0.05, 0.1) is 11.8 Å². The molecule has 1 aliphatic rings. The number of nitrogens with zero attached hydrogens (tertiary/aromatic N) is 1. The molecule has 1 heterocycles. The highest BCUT2D eigenvalue weighted by atomic mass is 32.2. The van der Waals surface area contributed by atoms with Crippen molar-refractivity contribution >= 4 is 28.5 Å². The van der Waals surface area contributed by atoms with Crippen LogP contribution in [0.15, 0.2) is 176 Å². The first-order chi connectivity index (χ1) is 23.3. The van der Waals surface area contributed by atoms with Crippen LogP contribution < -0.4 is 4.90 Å². The summed E-state index contributed by atoms with van der Waals surface area (Å²) in [7, 11) is 0. The molecule has 0 N–H and O–H groups in total. The van der Waals surface area contributed by atoms with Gasteiger partial charge in [0, 0.05) is 29.0 Å². The van der Waals surface area contributed by atoms with Crippen LogP contribution in [0, 0.1) is 0 Å². The van der Waals surface area contributed by atoms with Crippen molar-refractivity contribution in [2.75, 3.05) is 10.7 Å². The minimum atomic E-state index is -0.578. The third kappa shape index (κ3) is 13.1. The number of amides is 1. The molecule has 4 rings (SSSR count). The van der Waals surface area contributed by atoms with Gasteiger partial charge in [-0.25, -0.2) is 4.39 Å². The fourth-order valence-corrected chi connectivity index (χ4v) is 5.58. The lowest BCUT2D eigenvalue weighted by Crippen LogP contribution is -2.35. The van der Waals surface area contributed by atoms with E-state index in [2.05, 4.69) is 19.7 Å². The summed E-state index contributed by atoms with van der Waals surface area (Å²) in [5.41, 5.74) is 4.24. The molecule has 0 aromatic heterocycles. The molecule has 1 unspecified atom stereocenters. The summed E-state index contributed by atoms with van der Waals surface area (Å²) in [6.07, 6.45) is 9.82. The molecule has 0 saturated carbocycles. The van der Waals surface area contributed by atoms with E-state index in [1.807, 2.05) is 115 Å². The van der Waals surface area contributed by atoms with Gasteiger partial charge in [-0.05, 0) is 67.5 Å². The molecule has 7 heteroatoms. The second-order valence-corrected chi connectivity index (χ2v) is 11.5. The van der Waals surface area contributed by atoms with Crippen LogP contribution in [0.3, 0.4) is 0 Å². The van der Waals surface area contributed by atoms with Crippen LogP contribution in [0.1, 0.15) is 38.8 Å². The Morgan fingerprint density at radius 2 is 1.43 bits per heavy atom. The maximum absolute atomic E-state index is 12.8. The minimum Gasteiger partial charge on any atom is -0.493 e. The first kappa shape index (κ1) is 40.0. The summed E-state index contributed by atoms with van der Waals surface area (Å²) < 4.78 is 24.5. The lowest BCUT2D eigenvalue weighted by atomic mass is 10.0. The monoisotopic (exact) mass is 679 g/mol. The molecule has 1 fully saturated rings. The second-order valence-electron chi connectivity index (χ2n) is 10.5. The normalized spacial score (nSPS) is 14.8. The molecule has 1 amide bonds. The first-order valence-electron chi connectivity index (χ1n) is 15.5. The van der Waals surface area contributed by atoms with Crippen LogP contribution in [0.25, 0.3) is 0 Å². The standard InChI is InChI=1S/C31H31NO3S.C10H11FO.CH4/c1-3-28(34-21-25-13-7-4-8-14-25)19-20-30(35-22-26-15-9-5-10-16-26)24(2)29-23-36-31(33)32(29)27-17-11-6-12-18-27;1-4-9(10(12)5-2)7-6-8(3)11;/h3-18,20,29H,2,19,21-23H2,1H3;4-7H,2-3H2,1H3;1H4/b28-3+,30-20?;7-6-,9-4+;. The van der Waals surface area contributed by atoms with E-state index in [0.717, 1.165) is 34.2 Å². The van der Waals surface area contributed by atoms with E-state index in [0.29, 0.717) is 36.7 Å². The van der Waals surface area contributed by atoms with Gasteiger partial charge in [-0.3, -0.25) is 14.5 Å². The summed E-state index contributed by atoms with van der Waals surface area (Å²) in [5, 5.41) is 0.0232. The highest BCUT2D eigenvalue weighted by molar-refractivity contribution is 8.14. The third-order valence-electron chi connectivity index (χ3n) is 7.17. The van der Waals surface area contributed by atoms with Crippen LogP contribution in [0.5, 0.6) is 0 Å². The van der Waals surface area contributed by atoms with Crippen molar-refractivity contribution in [3.8, 4) is 0 Å². The fourth-order valence-electron chi connectivity index (χ4n) is 4.56. The van der Waals surface area contributed by atoms with Crippen LogP contribution in [-0.2, 0) is 27.5 Å². The molecule has 3 aromatic rings. The SMILES string of the molecule is C.C=C(C(=CC/C(=C\C)OCc1ccccc1)OCc1ccccc1)C1CSC(=O)N1c1ccccc1.C=CC(=O)C(/C=C\C(=C)F)=C/C. The molecule has 256 valence electrons. The maximum Gasteiger partial charge on any atom is 0.286 e. The molecule has 1 atom stereocenters. The van der Waals surface area contributed by atoms with Crippen LogP contribution in [0.2, 0.25) is 0 Å². The minimum absolute atomic E-state index is 0. The van der Waals surface area contributed by atoms with Gasteiger partial charge in [0.15, 0.2) is 5.78 Å². The molecular formula is C42H46FNO4S. The zero-order valence-corrected chi connectivity index (χ0v) is 28.3. The highest BCUT2D eigenvalue weighted by Crippen LogP contribution is 2.35.